The molecule has 1 aliphatic heterocycles. The summed E-state index contributed by atoms with van der Waals surface area (Å²) in [5, 5.41) is 14.6. The molecule has 6 nitrogen and oxygen atoms in total. The zero-order chi connectivity index (χ0) is 15.2. The van der Waals surface area contributed by atoms with E-state index in [9.17, 15) is 4.79 Å². The standard InChI is InChI=1S/C14H18BrN3O3/c15-9-3-5-11(14(16)18-20)12(8-9)17-13(19)6-4-10-2-1-7-21-10/h3,5,8,10,20H,1-2,4,6-7H2,(H2,16,18)(H,17,19). The second-order valence-corrected chi connectivity index (χ2v) is 5.81. The van der Waals surface area contributed by atoms with Gasteiger partial charge in [-0.2, -0.15) is 0 Å². The van der Waals surface area contributed by atoms with E-state index in [-0.39, 0.29) is 17.8 Å². The van der Waals surface area contributed by atoms with Crippen molar-refractivity contribution in [3.63, 3.8) is 0 Å². The van der Waals surface area contributed by atoms with Crippen molar-refractivity contribution in [3.8, 4) is 0 Å². The lowest BCUT2D eigenvalue weighted by atomic mass is 10.1. The van der Waals surface area contributed by atoms with E-state index in [1.165, 1.54) is 0 Å². The summed E-state index contributed by atoms with van der Waals surface area (Å²) in [5.74, 6) is -0.160. The van der Waals surface area contributed by atoms with Crippen LogP contribution in [-0.4, -0.2) is 29.7 Å². The molecule has 21 heavy (non-hydrogen) atoms. The number of amidine groups is 1. The number of oxime groups is 1. The number of ether oxygens (including phenoxy) is 1. The molecule has 1 aromatic rings. The molecule has 1 saturated heterocycles. The van der Waals surface area contributed by atoms with E-state index in [0.29, 0.717) is 24.1 Å². The molecule has 7 heteroatoms. The monoisotopic (exact) mass is 355 g/mol. The van der Waals surface area contributed by atoms with Gasteiger partial charge in [-0.25, -0.2) is 0 Å². The highest BCUT2D eigenvalue weighted by molar-refractivity contribution is 9.10. The Hall–Kier alpha value is -1.60. The Labute approximate surface area is 131 Å². The number of nitrogens with zero attached hydrogens (tertiary/aromatic N) is 1. The fraction of sp³-hybridized carbons (Fsp3) is 0.429. The average molecular weight is 356 g/mol. The van der Waals surface area contributed by atoms with Gasteiger partial charge in [-0.3, -0.25) is 4.79 Å². The number of nitrogens with two attached hydrogens (primary N) is 1. The lowest BCUT2D eigenvalue weighted by Gasteiger charge is -2.12. The molecule has 0 radical (unpaired) electrons. The summed E-state index contributed by atoms with van der Waals surface area (Å²) in [5.41, 5.74) is 6.60. The predicted molar refractivity (Wildman–Crippen MR) is 83.5 cm³/mol. The first-order valence-electron chi connectivity index (χ1n) is 6.79. The highest BCUT2D eigenvalue weighted by atomic mass is 79.9. The van der Waals surface area contributed by atoms with E-state index in [4.69, 9.17) is 15.7 Å². The number of carbonyl (C=O) groups is 1. The smallest absolute Gasteiger partial charge is 0.224 e. The van der Waals surface area contributed by atoms with Crippen molar-refractivity contribution < 1.29 is 14.7 Å². The Morgan fingerprint density at radius 1 is 1.57 bits per heavy atom. The number of hydrogen-bond acceptors (Lipinski definition) is 4. The SMILES string of the molecule is N/C(=N/O)c1ccc(Br)cc1NC(=O)CCC1CCCO1. The van der Waals surface area contributed by atoms with Gasteiger partial charge in [0.15, 0.2) is 5.84 Å². The quantitative estimate of drug-likeness (QED) is 0.327. The molecule has 1 unspecified atom stereocenters. The maximum Gasteiger partial charge on any atom is 0.224 e. The van der Waals surface area contributed by atoms with Crippen LogP contribution < -0.4 is 11.1 Å². The van der Waals surface area contributed by atoms with Crippen LogP contribution in [0.1, 0.15) is 31.2 Å². The van der Waals surface area contributed by atoms with Crippen LogP contribution in [0.4, 0.5) is 5.69 Å². The number of hydrogen-bond donors (Lipinski definition) is 3. The molecule has 0 aromatic heterocycles. The van der Waals surface area contributed by atoms with Gasteiger partial charge in [0, 0.05) is 23.1 Å². The number of halogens is 1. The minimum atomic E-state index is -0.115. The lowest BCUT2D eigenvalue weighted by molar-refractivity contribution is -0.116. The molecule has 1 aromatic carbocycles. The summed E-state index contributed by atoms with van der Waals surface area (Å²) in [6, 6.07) is 5.15. The Bertz CT molecular complexity index is 542. The maximum atomic E-state index is 12.0. The van der Waals surface area contributed by atoms with Crippen LogP contribution >= 0.6 is 15.9 Å². The molecule has 114 valence electrons. The van der Waals surface area contributed by atoms with Crippen molar-refractivity contribution in [2.45, 2.75) is 31.8 Å². The molecule has 1 aliphatic rings. The number of carbonyl (C=O) groups excluding carboxylic acids is 1. The van der Waals surface area contributed by atoms with Gasteiger partial charge in [-0.1, -0.05) is 21.1 Å². The molecular weight excluding hydrogens is 338 g/mol. The Morgan fingerprint density at radius 3 is 3.05 bits per heavy atom. The second kappa shape index (κ2) is 7.42. The van der Waals surface area contributed by atoms with E-state index < -0.39 is 0 Å². The topological polar surface area (TPSA) is 96.9 Å². The van der Waals surface area contributed by atoms with Crippen LogP contribution in [0.2, 0.25) is 0 Å². The molecule has 1 atom stereocenters. The van der Waals surface area contributed by atoms with Crippen LogP contribution in [0.5, 0.6) is 0 Å². The van der Waals surface area contributed by atoms with Crippen molar-refractivity contribution in [3.05, 3.63) is 28.2 Å². The minimum Gasteiger partial charge on any atom is -0.409 e. The third kappa shape index (κ3) is 4.44. The van der Waals surface area contributed by atoms with E-state index >= 15 is 0 Å². The number of nitrogens with one attached hydrogen (secondary N) is 1. The lowest BCUT2D eigenvalue weighted by Crippen LogP contribution is -2.20. The molecule has 1 heterocycles. The van der Waals surface area contributed by atoms with Gasteiger partial charge < -0.3 is 21.0 Å². The molecule has 1 fully saturated rings. The fourth-order valence-corrected chi connectivity index (χ4v) is 2.63. The summed E-state index contributed by atoms with van der Waals surface area (Å²) in [7, 11) is 0. The maximum absolute atomic E-state index is 12.0. The van der Waals surface area contributed by atoms with Crippen molar-refractivity contribution in [2.75, 3.05) is 11.9 Å². The summed E-state index contributed by atoms with van der Waals surface area (Å²) in [4.78, 5) is 12.0. The first kappa shape index (κ1) is 15.8. The number of anilines is 1. The van der Waals surface area contributed by atoms with Gasteiger partial charge in [-0.15, -0.1) is 0 Å². The van der Waals surface area contributed by atoms with Crippen molar-refractivity contribution in [1.82, 2.24) is 0 Å². The highest BCUT2D eigenvalue weighted by Gasteiger charge is 2.17. The van der Waals surface area contributed by atoms with Gasteiger partial charge in [0.1, 0.15) is 0 Å². The minimum absolute atomic E-state index is 0.0445. The summed E-state index contributed by atoms with van der Waals surface area (Å²) in [6.07, 6.45) is 3.35. The summed E-state index contributed by atoms with van der Waals surface area (Å²) in [6.45, 7) is 0.783. The fourth-order valence-electron chi connectivity index (χ4n) is 2.27. The van der Waals surface area contributed by atoms with Gasteiger partial charge in [0.25, 0.3) is 0 Å². The number of rotatable bonds is 5. The van der Waals surface area contributed by atoms with Crippen molar-refractivity contribution in [2.24, 2.45) is 10.9 Å². The van der Waals surface area contributed by atoms with Crippen molar-refractivity contribution >= 4 is 33.4 Å². The van der Waals surface area contributed by atoms with Gasteiger partial charge >= 0.3 is 0 Å². The molecule has 2 rings (SSSR count). The molecule has 1 amide bonds. The first-order valence-corrected chi connectivity index (χ1v) is 7.58. The summed E-state index contributed by atoms with van der Waals surface area (Å²) < 4.78 is 6.29. The van der Waals surface area contributed by atoms with E-state index in [1.807, 2.05) is 0 Å². The molecule has 4 N–H and O–H groups in total. The van der Waals surface area contributed by atoms with Gasteiger partial charge in [0.2, 0.25) is 5.91 Å². The Morgan fingerprint density at radius 2 is 2.38 bits per heavy atom. The number of amides is 1. The van der Waals surface area contributed by atoms with Crippen LogP contribution in [0, 0.1) is 0 Å². The van der Waals surface area contributed by atoms with Crippen LogP contribution in [-0.2, 0) is 9.53 Å². The highest BCUT2D eigenvalue weighted by Crippen LogP contribution is 2.22. The molecule has 0 spiro atoms. The van der Waals surface area contributed by atoms with Crippen LogP contribution in [0.25, 0.3) is 0 Å². The largest absolute Gasteiger partial charge is 0.409 e. The van der Waals surface area contributed by atoms with Gasteiger partial charge in [-0.05, 0) is 37.5 Å². The predicted octanol–water partition coefficient (Wildman–Crippen LogP) is 2.44. The number of benzene rings is 1. The molecule has 0 bridgehead atoms. The third-order valence-corrected chi connectivity index (χ3v) is 3.85. The second-order valence-electron chi connectivity index (χ2n) is 4.90. The Kier molecular flexibility index (Phi) is 5.58. The molecule has 0 aliphatic carbocycles. The van der Waals surface area contributed by atoms with E-state index in [1.54, 1.807) is 18.2 Å². The Balaban J connectivity index is 2.00. The van der Waals surface area contributed by atoms with Crippen molar-refractivity contribution in [1.29, 1.82) is 0 Å². The van der Waals surface area contributed by atoms with Crippen LogP contribution in [0.15, 0.2) is 27.8 Å². The normalized spacial score (nSPS) is 18.7. The first-order chi connectivity index (χ1) is 10.1. The van der Waals surface area contributed by atoms with E-state index in [2.05, 4.69) is 26.4 Å². The zero-order valence-electron chi connectivity index (χ0n) is 11.5. The molecular formula is C14H18BrN3O3. The van der Waals surface area contributed by atoms with Gasteiger partial charge in [0.05, 0.1) is 11.8 Å². The van der Waals surface area contributed by atoms with E-state index in [0.717, 1.165) is 23.9 Å². The molecule has 0 saturated carbocycles. The van der Waals surface area contributed by atoms with Crippen LogP contribution in [0.3, 0.4) is 0 Å². The summed E-state index contributed by atoms with van der Waals surface area (Å²) >= 11 is 3.34. The third-order valence-electron chi connectivity index (χ3n) is 3.36. The average Bonchev–Trinajstić information content (AvgIpc) is 2.98. The zero-order valence-corrected chi connectivity index (χ0v) is 13.1.